The lowest BCUT2D eigenvalue weighted by Crippen LogP contribution is -2.37. The van der Waals surface area contributed by atoms with E-state index in [2.05, 4.69) is 73.8 Å². The third-order valence-electron chi connectivity index (χ3n) is 8.76. The van der Waals surface area contributed by atoms with Crippen molar-refractivity contribution in [3.63, 3.8) is 0 Å². The van der Waals surface area contributed by atoms with Crippen molar-refractivity contribution < 1.29 is 47.2 Å². The van der Waals surface area contributed by atoms with Gasteiger partial charge in [-0.05, 0) is 89.9 Å². The molecule has 11 heteroatoms. The molecule has 0 aromatic rings. The smallest absolute Gasteiger partial charge is 0.462 e. The molecule has 0 aliphatic carbocycles. The molecule has 2 atom stereocenters. The summed E-state index contributed by atoms with van der Waals surface area (Å²) in [6, 6.07) is 0. The maximum absolute atomic E-state index is 12.7. The van der Waals surface area contributed by atoms with E-state index < -0.39 is 32.5 Å². The van der Waals surface area contributed by atoms with E-state index in [-0.39, 0.29) is 32.7 Å². The minimum atomic E-state index is -4.40. The van der Waals surface area contributed by atoms with E-state index in [0.29, 0.717) is 30.3 Å². The fourth-order valence-electron chi connectivity index (χ4n) is 5.31. The molecule has 0 amide bonds. The van der Waals surface area contributed by atoms with Gasteiger partial charge in [-0.2, -0.15) is 0 Å². The molecule has 0 aliphatic heterocycles. The zero-order valence-corrected chi connectivity index (χ0v) is 37.1. The summed E-state index contributed by atoms with van der Waals surface area (Å²) in [5.74, 6) is -0.902. The van der Waals surface area contributed by atoms with Gasteiger partial charge >= 0.3 is 19.8 Å². The first-order valence-electron chi connectivity index (χ1n) is 21.8. The van der Waals surface area contributed by atoms with Gasteiger partial charge in [-0.15, -0.1) is 0 Å². The molecule has 0 radical (unpaired) electrons. The van der Waals surface area contributed by atoms with Gasteiger partial charge in [0.05, 0.1) is 27.7 Å². The number of rotatable bonds is 39. The standard InChI is InChI=1S/C46H80NO9P/c1-5-6-7-8-9-10-11-12-16-19-22-25-28-31-34-37-45(49)53-42-44(43-55-57(51,52)54-41-39-47(2,3)4)56-46(50)38-35-32-29-26-23-20-17-14-13-15-18-21-24-27-30-33-36-40-48/h9-10,12-13,15-17,20-21,24,26,29,44,48H,5-8,11,14,18-19,22-23,25,27-28,30-43H2,1-4H3/p+1/b10-9-,15-13-,16-12-,20-17-,24-21-,29-26-/t44-/m1/s1. The van der Waals surface area contributed by atoms with E-state index in [9.17, 15) is 19.0 Å². The van der Waals surface area contributed by atoms with Crippen LogP contribution in [0.4, 0.5) is 0 Å². The minimum absolute atomic E-state index is 0.0106. The van der Waals surface area contributed by atoms with E-state index >= 15 is 0 Å². The molecule has 1 unspecified atom stereocenters. The molecule has 0 aromatic carbocycles. The van der Waals surface area contributed by atoms with Crippen LogP contribution in [0.15, 0.2) is 72.9 Å². The van der Waals surface area contributed by atoms with Crippen molar-refractivity contribution >= 4 is 19.8 Å². The number of phosphoric acid groups is 1. The molecule has 0 rings (SSSR count). The third kappa shape index (κ3) is 42.8. The summed E-state index contributed by atoms with van der Waals surface area (Å²) < 4.78 is 34.2. The normalized spacial score (nSPS) is 14.3. The first-order chi connectivity index (χ1) is 27.5. The zero-order chi connectivity index (χ0) is 42.1. The van der Waals surface area contributed by atoms with E-state index in [0.717, 1.165) is 83.5 Å². The molecule has 0 bridgehead atoms. The highest BCUT2D eigenvalue weighted by molar-refractivity contribution is 7.47. The average Bonchev–Trinajstić information content (AvgIpc) is 3.16. The van der Waals surface area contributed by atoms with Crippen LogP contribution in [-0.2, 0) is 32.7 Å². The van der Waals surface area contributed by atoms with Gasteiger partial charge in [0.25, 0.3) is 0 Å². The lowest BCUT2D eigenvalue weighted by atomic mass is 10.1. The molecule has 0 aromatic heterocycles. The number of esters is 2. The highest BCUT2D eigenvalue weighted by Crippen LogP contribution is 2.43. The Morgan fingerprint density at radius 3 is 1.56 bits per heavy atom. The van der Waals surface area contributed by atoms with Crippen molar-refractivity contribution in [1.82, 2.24) is 0 Å². The molecule has 0 spiro atoms. The topological polar surface area (TPSA) is 129 Å². The van der Waals surface area contributed by atoms with Crippen molar-refractivity contribution in [1.29, 1.82) is 0 Å². The van der Waals surface area contributed by atoms with Gasteiger partial charge in [-0.3, -0.25) is 18.6 Å². The molecule has 328 valence electrons. The SMILES string of the molecule is CCCCC/C=C\C/C=C\CCCCCCCC(=O)OC[C@H](COP(=O)(O)OCC[N+](C)(C)C)OC(=O)CCC/C=C\C/C=C\C/C=C\C/C=C\CCCCCO. The Kier molecular flexibility index (Phi) is 37.1. The Bertz CT molecular complexity index is 1200. The van der Waals surface area contributed by atoms with Crippen LogP contribution >= 0.6 is 7.82 Å². The summed E-state index contributed by atoms with van der Waals surface area (Å²) in [5, 5.41) is 8.80. The molecule has 0 fully saturated rings. The Morgan fingerprint density at radius 2 is 1.04 bits per heavy atom. The fourth-order valence-corrected chi connectivity index (χ4v) is 6.05. The van der Waals surface area contributed by atoms with Gasteiger partial charge < -0.3 is 24.0 Å². The number of hydrogen-bond acceptors (Lipinski definition) is 8. The Hall–Kier alpha value is -2.59. The highest BCUT2D eigenvalue weighted by atomic mass is 31.2. The fraction of sp³-hybridized carbons (Fsp3) is 0.696. The minimum Gasteiger partial charge on any atom is -0.462 e. The number of ether oxygens (including phenoxy) is 2. The van der Waals surface area contributed by atoms with Crippen LogP contribution in [0.5, 0.6) is 0 Å². The largest absolute Gasteiger partial charge is 0.472 e. The number of likely N-dealkylation sites (N-methyl/N-ethyl adjacent to an activating group) is 1. The monoisotopic (exact) mass is 823 g/mol. The molecule has 57 heavy (non-hydrogen) atoms. The molecule has 0 heterocycles. The number of aliphatic hydroxyl groups excluding tert-OH is 1. The number of carbonyl (C=O) groups is 2. The van der Waals surface area contributed by atoms with Gasteiger partial charge in [0.1, 0.15) is 19.8 Å². The quantitative estimate of drug-likeness (QED) is 0.0205. The van der Waals surface area contributed by atoms with Crippen molar-refractivity contribution in [2.24, 2.45) is 0 Å². The van der Waals surface area contributed by atoms with Gasteiger partial charge in [0.2, 0.25) is 0 Å². The highest BCUT2D eigenvalue weighted by Gasteiger charge is 2.27. The van der Waals surface area contributed by atoms with E-state index in [4.69, 9.17) is 23.6 Å². The number of phosphoric ester groups is 1. The summed E-state index contributed by atoms with van der Waals surface area (Å²) in [6.45, 7) is 2.29. The predicted molar refractivity (Wildman–Crippen MR) is 235 cm³/mol. The molecule has 10 nitrogen and oxygen atoms in total. The van der Waals surface area contributed by atoms with Crippen LogP contribution in [0.2, 0.25) is 0 Å². The van der Waals surface area contributed by atoms with Gasteiger partial charge in [0.15, 0.2) is 6.10 Å². The maximum Gasteiger partial charge on any atom is 0.472 e. The first kappa shape index (κ1) is 54.4. The Balaban J connectivity index is 4.50. The molecule has 0 aliphatic rings. The number of quaternary nitrogens is 1. The van der Waals surface area contributed by atoms with Gasteiger partial charge in [-0.1, -0.05) is 118 Å². The molecule has 2 N–H and O–H groups in total. The molecular formula is C46H81NO9P+. The van der Waals surface area contributed by atoms with Crippen LogP contribution in [-0.4, -0.2) is 86.6 Å². The number of allylic oxidation sites excluding steroid dienone is 12. The average molecular weight is 823 g/mol. The Labute approximate surface area is 347 Å². The van der Waals surface area contributed by atoms with Crippen LogP contribution in [0.3, 0.4) is 0 Å². The van der Waals surface area contributed by atoms with Crippen molar-refractivity contribution in [3.05, 3.63) is 72.9 Å². The number of unbranched alkanes of at least 4 members (excludes halogenated alkanes) is 12. The van der Waals surface area contributed by atoms with Crippen LogP contribution < -0.4 is 0 Å². The molecule has 0 saturated carbocycles. The van der Waals surface area contributed by atoms with E-state index in [1.807, 2.05) is 27.2 Å². The van der Waals surface area contributed by atoms with Crippen LogP contribution in [0.1, 0.15) is 148 Å². The van der Waals surface area contributed by atoms with Gasteiger partial charge in [0, 0.05) is 19.4 Å². The lowest BCUT2D eigenvalue weighted by molar-refractivity contribution is -0.870. The summed E-state index contributed by atoms with van der Waals surface area (Å²) in [7, 11) is 1.40. The second-order valence-corrected chi connectivity index (χ2v) is 16.9. The predicted octanol–water partition coefficient (Wildman–Crippen LogP) is 11.2. The van der Waals surface area contributed by atoms with E-state index in [1.165, 1.54) is 25.7 Å². The number of carbonyl (C=O) groups excluding carboxylic acids is 2. The number of aliphatic hydroxyl groups is 1. The van der Waals surface area contributed by atoms with Crippen molar-refractivity contribution in [2.45, 2.75) is 154 Å². The van der Waals surface area contributed by atoms with Gasteiger partial charge in [-0.25, -0.2) is 4.57 Å². The second kappa shape index (κ2) is 38.9. The number of nitrogens with zero attached hydrogens (tertiary/aromatic N) is 1. The van der Waals surface area contributed by atoms with E-state index in [1.54, 1.807) is 0 Å². The third-order valence-corrected chi connectivity index (χ3v) is 9.75. The summed E-state index contributed by atoms with van der Waals surface area (Å²) >= 11 is 0. The second-order valence-electron chi connectivity index (χ2n) is 15.4. The Morgan fingerprint density at radius 1 is 0.579 bits per heavy atom. The summed E-state index contributed by atoms with van der Waals surface area (Å²) in [5.41, 5.74) is 0. The van der Waals surface area contributed by atoms with Crippen LogP contribution in [0.25, 0.3) is 0 Å². The molecule has 0 saturated heterocycles. The van der Waals surface area contributed by atoms with Crippen molar-refractivity contribution in [2.75, 3.05) is 54.1 Å². The van der Waals surface area contributed by atoms with Crippen molar-refractivity contribution in [3.8, 4) is 0 Å². The number of hydrogen-bond donors (Lipinski definition) is 2. The summed E-state index contributed by atoms with van der Waals surface area (Å²) in [6.07, 6.45) is 45.4. The summed E-state index contributed by atoms with van der Waals surface area (Å²) in [4.78, 5) is 35.3. The molecular weight excluding hydrogens is 741 g/mol. The maximum atomic E-state index is 12.7. The first-order valence-corrected chi connectivity index (χ1v) is 23.3. The zero-order valence-electron chi connectivity index (χ0n) is 36.2. The van der Waals surface area contributed by atoms with Crippen LogP contribution in [0, 0.1) is 0 Å². The lowest BCUT2D eigenvalue weighted by Gasteiger charge is -2.24.